The normalized spacial score (nSPS) is 10.2. The molecule has 0 fully saturated rings. The molecule has 1 aromatic carbocycles. The van der Waals surface area contributed by atoms with Crippen molar-refractivity contribution in [1.82, 2.24) is 4.98 Å². The van der Waals surface area contributed by atoms with Crippen molar-refractivity contribution in [3.63, 3.8) is 0 Å². The number of benzene rings is 1. The van der Waals surface area contributed by atoms with Crippen molar-refractivity contribution in [2.45, 2.75) is 6.42 Å². The van der Waals surface area contributed by atoms with Gasteiger partial charge in [-0.2, -0.15) is 0 Å². The molecule has 104 valence electrons. The Labute approximate surface area is 117 Å². The predicted molar refractivity (Wildman–Crippen MR) is 78.7 cm³/mol. The molecule has 0 spiro atoms. The van der Waals surface area contributed by atoms with Crippen LogP contribution in [-0.4, -0.2) is 23.5 Å². The highest BCUT2D eigenvalue weighted by molar-refractivity contribution is 5.53. The fourth-order valence-corrected chi connectivity index (χ4v) is 1.88. The second-order valence-corrected chi connectivity index (χ2v) is 4.52. The first kappa shape index (κ1) is 13.8. The van der Waals surface area contributed by atoms with Crippen molar-refractivity contribution in [3.8, 4) is 0 Å². The third-order valence-corrected chi connectivity index (χ3v) is 3.00. The number of nitrogens with two attached hydrogens (primary N) is 1. The summed E-state index contributed by atoms with van der Waals surface area (Å²) in [5.41, 5.74) is 6.76. The Morgan fingerprint density at radius 3 is 2.65 bits per heavy atom. The van der Waals surface area contributed by atoms with Gasteiger partial charge in [-0.1, -0.05) is 30.3 Å². The Morgan fingerprint density at radius 1 is 1.30 bits per heavy atom. The van der Waals surface area contributed by atoms with Gasteiger partial charge in [0.1, 0.15) is 11.6 Å². The summed E-state index contributed by atoms with van der Waals surface area (Å²) in [7, 11) is 1.84. The molecule has 0 saturated carbocycles. The topological polar surface area (TPSA) is 85.3 Å². The smallest absolute Gasteiger partial charge is 0.276 e. The molecule has 1 aromatic heterocycles. The van der Waals surface area contributed by atoms with Gasteiger partial charge in [-0.15, -0.1) is 0 Å². The van der Waals surface area contributed by atoms with Crippen LogP contribution >= 0.6 is 0 Å². The van der Waals surface area contributed by atoms with E-state index in [0.29, 0.717) is 12.4 Å². The summed E-state index contributed by atoms with van der Waals surface area (Å²) < 4.78 is 0. The van der Waals surface area contributed by atoms with Crippen molar-refractivity contribution < 1.29 is 4.92 Å². The van der Waals surface area contributed by atoms with Crippen LogP contribution < -0.4 is 10.6 Å². The molecule has 1 heterocycles. The molecule has 0 bridgehead atoms. The molecule has 0 amide bonds. The first-order chi connectivity index (χ1) is 9.56. The van der Waals surface area contributed by atoms with Gasteiger partial charge in [-0.3, -0.25) is 10.1 Å². The number of hydrogen-bond acceptors (Lipinski definition) is 5. The monoisotopic (exact) mass is 272 g/mol. The summed E-state index contributed by atoms with van der Waals surface area (Å²) in [6, 6.07) is 12.7. The summed E-state index contributed by atoms with van der Waals surface area (Å²) in [4.78, 5) is 16.3. The van der Waals surface area contributed by atoms with E-state index in [0.717, 1.165) is 6.42 Å². The van der Waals surface area contributed by atoms with Crippen LogP contribution in [0.3, 0.4) is 0 Å². The molecule has 0 aliphatic heterocycles. The van der Waals surface area contributed by atoms with Gasteiger partial charge in [-0.25, -0.2) is 4.98 Å². The lowest BCUT2D eigenvalue weighted by Gasteiger charge is -2.18. The lowest BCUT2D eigenvalue weighted by atomic mass is 10.1. The fraction of sp³-hybridized carbons (Fsp3) is 0.214. The number of nitro groups is 1. The SMILES string of the molecule is CN(CCc1ccccc1)c1cc([N+](=O)[O-])cc(N)n1. The minimum Gasteiger partial charge on any atom is -0.383 e. The quantitative estimate of drug-likeness (QED) is 0.666. The fourth-order valence-electron chi connectivity index (χ4n) is 1.88. The minimum atomic E-state index is -0.466. The van der Waals surface area contributed by atoms with E-state index in [-0.39, 0.29) is 11.5 Å². The maximum atomic E-state index is 10.8. The molecule has 6 heteroatoms. The Bertz CT molecular complexity index is 601. The maximum Gasteiger partial charge on any atom is 0.276 e. The van der Waals surface area contributed by atoms with Crippen LogP contribution in [0.5, 0.6) is 0 Å². The molecule has 0 radical (unpaired) electrons. The van der Waals surface area contributed by atoms with Crippen molar-refractivity contribution in [2.24, 2.45) is 0 Å². The van der Waals surface area contributed by atoms with Crippen LogP contribution in [0.2, 0.25) is 0 Å². The molecular formula is C14H16N4O2. The number of likely N-dealkylation sites (N-methyl/N-ethyl adjacent to an activating group) is 1. The number of nitrogen functional groups attached to an aromatic ring is 1. The van der Waals surface area contributed by atoms with E-state index in [2.05, 4.69) is 4.98 Å². The minimum absolute atomic E-state index is 0.0425. The molecule has 0 unspecified atom stereocenters. The number of aromatic nitrogens is 1. The molecule has 20 heavy (non-hydrogen) atoms. The standard InChI is InChI=1S/C14H16N4O2/c1-17(8-7-11-5-3-2-4-6-11)14-10-12(18(19)20)9-13(15)16-14/h2-6,9-10H,7-8H2,1H3,(H2,15,16). The third-order valence-electron chi connectivity index (χ3n) is 3.00. The largest absolute Gasteiger partial charge is 0.383 e. The Balaban J connectivity index is 2.09. The van der Waals surface area contributed by atoms with E-state index in [1.807, 2.05) is 42.3 Å². The van der Waals surface area contributed by atoms with Crippen molar-refractivity contribution in [2.75, 3.05) is 24.2 Å². The molecule has 0 saturated heterocycles. The summed E-state index contributed by atoms with van der Waals surface area (Å²) in [6.07, 6.45) is 0.835. The van der Waals surface area contributed by atoms with Crippen LogP contribution in [0.1, 0.15) is 5.56 Å². The third kappa shape index (κ3) is 3.44. The van der Waals surface area contributed by atoms with Crippen molar-refractivity contribution in [3.05, 3.63) is 58.1 Å². The summed E-state index contributed by atoms with van der Waals surface area (Å²) in [5, 5.41) is 10.8. The average molecular weight is 272 g/mol. The van der Waals surface area contributed by atoms with E-state index < -0.39 is 4.92 Å². The zero-order valence-electron chi connectivity index (χ0n) is 11.2. The van der Waals surface area contributed by atoms with Gasteiger partial charge >= 0.3 is 0 Å². The van der Waals surface area contributed by atoms with E-state index >= 15 is 0 Å². The maximum absolute atomic E-state index is 10.8. The lowest BCUT2D eigenvalue weighted by molar-refractivity contribution is -0.384. The first-order valence-electron chi connectivity index (χ1n) is 6.23. The number of anilines is 2. The highest BCUT2D eigenvalue weighted by atomic mass is 16.6. The molecule has 2 rings (SSSR count). The number of nitrogens with zero attached hydrogens (tertiary/aromatic N) is 3. The number of rotatable bonds is 5. The van der Waals surface area contributed by atoms with Gasteiger partial charge in [0.2, 0.25) is 0 Å². The van der Waals surface area contributed by atoms with E-state index in [1.54, 1.807) is 0 Å². The summed E-state index contributed by atoms with van der Waals surface area (Å²) in [5.74, 6) is 0.661. The molecule has 6 nitrogen and oxygen atoms in total. The van der Waals surface area contributed by atoms with Gasteiger partial charge in [0.15, 0.2) is 0 Å². The average Bonchev–Trinajstić information content (AvgIpc) is 2.45. The van der Waals surface area contributed by atoms with E-state index in [1.165, 1.54) is 17.7 Å². The molecule has 2 N–H and O–H groups in total. The van der Waals surface area contributed by atoms with Gasteiger partial charge in [-0.05, 0) is 12.0 Å². The zero-order chi connectivity index (χ0) is 14.5. The summed E-state index contributed by atoms with van der Waals surface area (Å²) >= 11 is 0. The zero-order valence-corrected chi connectivity index (χ0v) is 11.2. The van der Waals surface area contributed by atoms with Crippen LogP contribution in [0, 0.1) is 10.1 Å². The Morgan fingerprint density at radius 2 is 2.00 bits per heavy atom. The highest BCUT2D eigenvalue weighted by Gasteiger charge is 2.12. The predicted octanol–water partition coefficient (Wildman–Crippen LogP) is 2.25. The van der Waals surface area contributed by atoms with Gasteiger partial charge in [0, 0.05) is 13.6 Å². The molecule has 0 aliphatic carbocycles. The summed E-state index contributed by atoms with van der Waals surface area (Å²) in [6.45, 7) is 0.706. The Hall–Kier alpha value is -2.63. The van der Waals surface area contributed by atoms with E-state index in [9.17, 15) is 10.1 Å². The number of pyridine rings is 1. The molecule has 2 aromatic rings. The van der Waals surface area contributed by atoms with Crippen molar-refractivity contribution in [1.29, 1.82) is 0 Å². The van der Waals surface area contributed by atoms with Crippen LogP contribution in [0.15, 0.2) is 42.5 Å². The van der Waals surface area contributed by atoms with E-state index in [4.69, 9.17) is 5.73 Å². The van der Waals surface area contributed by atoms with Gasteiger partial charge < -0.3 is 10.6 Å². The van der Waals surface area contributed by atoms with Crippen molar-refractivity contribution >= 4 is 17.3 Å². The first-order valence-corrected chi connectivity index (χ1v) is 6.23. The molecular weight excluding hydrogens is 256 g/mol. The van der Waals surface area contributed by atoms with Crippen LogP contribution in [0.4, 0.5) is 17.3 Å². The van der Waals surface area contributed by atoms with Crippen LogP contribution in [0.25, 0.3) is 0 Å². The number of hydrogen-bond donors (Lipinski definition) is 1. The van der Waals surface area contributed by atoms with Gasteiger partial charge in [0.05, 0.1) is 17.1 Å². The lowest BCUT2D eigenvalue weighted by Crippen LogP contribution is -2.21. The highest BCUT2D eigenvalue weighted by Crippen LogP contribution is 2.21. The molecule has 0 aliphatic rings. The molecule has 0 atom stereocenters. The van der Waals surface area contributed by atoms with Crippen LogP contribution in [-0.2, 0) is 6.42 Å². The second-order valence-electron chi connectivity index (χ2n) is 4.52. The second kappa shape index (κ2) is 6.01. The Kier molecular flexibility index (Phi) is 4.14. The van der Waals surface area contributed by atoms with Gasteiger partial charge in [0.25, 0.3) is 5.69 Å².